The summed E-state index contributed by atoms with van der Waals surface area (Å²) in [5.41, 5.74) is 0.893. The van der Waals surface area contributed by atoms with Gasteiger partial charge in [0.2, 0.25) is 0 Å². The van der Waals surface area contributed by atoms with Gasteiger partial charge in [-0.05, 0) is 31.7 Å². The van der Waals surface area contributed by atoms with Gasteiger partial charge in [0.1, 0.15) is 11.9 Å². The van der Waals surface area contributed by atoms with E-state index in [0.29, 0.717) is 12.5 Å². The molecule has 0 bridgehead atoms. The van der Waals surface area contributed by atoms with Crippen LogP contribution in [0, 0.1) is 0 Å². The van der Waals surface area contributed by atoms with Crippen molar-refractivity contribution in [3.63, 3.8) is 0 Å². The van der Waals surface area contributed by atoms with Gasteiger partial charge in [-0.3, -0.25) is 0 Å². The van der Waals surface area contributed by atoms with Gasteiger partial charge in [-0.25, -0.2) is 0 Å². The Morgan fingerprint density at radius 1 is 1.26 bits per heavy atom. The summed E-state index contributed by atoms with van der Waals surface area (Å²) in [4.78, 5) is 0. The minimum absolute atomic E-state index is 0.198. The molecule has 0 spiro atoms. The maximum Gasteiger partial charge on any atom is 0.125 e. The van der Waals surface area contributed by atoms with Crippen LogP contribution in [0.2, 0.25) is 0 Å². The van der Waals surface area contributed by atoms with Crippen LogP contribution in [0.4, 0.5) is 0 Å². The van der Waals surface area contributed by atoms with Crippen LogP contribution < -0.4 is 4.74 Å². The third-order valence-corrected chi connectivity index (χ3v) is 3.87. The standard InChI is InChI=1S/C16H24O3/c1-3-15(17)14-9-4-5-10-16(14)19-13-8-6-7-12(11-13)18-2/h4-5,9-10,12-13,15,17H,3,6-8,11H2,1-2H3/t12?,13?,15-/m0/s1. The first-order valence-electron chi connectivity index (χ1n) is 7.21. The first-order chi connectivity index (χ1) is 9.24. The van der Waals surface area contributed by atoms with Crippen molar-refractivity contribution in [1.82, 2.24) is 0 Å². The van der Waals surface area contributed by atoms with Crippen LogP contribution in [0.15, 0.2) is 24.3 Å². The van der Waals surface area contributed by atoms with Crippen LogP contribution in [0.3, 0.4) is 0 Å². The summed E-state index contributed by atoms with van der Waals surface area (Å²) >= 11 is 0. The lowest BCUT2D eigenvalue weighted by Gasteiger charge is -2.29. The molecule has 1 saturated carbocycles. The van der Waals surface area contributed by atoms with Gasteiger partial charge in [0.15, 0.2) is 0 Å². The fourth-order valence-electron chi connectivity index (χ4n) is 2.69. The lowest BCUT2D eigenvalue weighted by molar-refractivity contribution is 0.0198. The van der Waals surface area contributed by atoms with Gasteiger partial charge >= 0.3 is 0 Å². The highest BCUT2D eigenvalue weighted by molar-refractivity contribution is 5.35. The predicted molar refractivity (Wildman–Crippen MR) is 75.4 cm³/mol. The number of aliphatic hydroxyl groups is 1. The molecule has 2 rings (SSSR count). The van der Waals surface area contributed by atoms with Gasteiger partial charge in [-0.1, -0.05) is 25.1 Å². The molecule has 0 heterocycles. The van der Waals surface area contributed by atoms with Crippen molar-refractivity contribution in [2.24, 2.45) is 0 Å². The normalized spacial score (nSPS) is 25.0. The molecular formula is C16H24O3. The van der Waals surface area contributed by atoms with Gasteiger partial charge in [0.05, 0.1) is 12.2 Å². The summed E-state index contributed by atoms with van der Waals surface area (Å²) in [5.74, 6) is 0.818. The molecule has 1 aromatic carbocycles. The Bertz CT molecular complexity index is 391. The molecule has 3 heteroatoms. The third kappa shape index (κ3) is 3.71. The van der Waals surface area contributed by atoms with Gasteiger partial charge in [-0.2, -0.15) is 0 Å². The second-order valence-corrected chi connectivity index (χ2v) is 5.23. The van der Waals surface area contributed by atoms with Crippen molar-refractivity contribution in [1.29, 1.82) is 0 Å². The molecule has 0 saturated heterocycles. The number of methoxy groups -OCH3 is 1. The van der Waals surface area contributed by atoms with Crippen LogP contribution in [0.5, 0.6) is 5.75 Å². The van der Waals surface area contributed by atoms with Crippen molar-refractivity contribution in [2.75, 3.05) is 7.11 Å². The van der Waals surface area contributed by atoms with Crippen LogP contribution >= 0.6 is 0 Å². The van der Waals surface area contributed by atoms with E-state index in [1.54, 1.807) is 7.11 Å². The molecule has 1 aliphatic carbocycles. The monoisotopic (exact) mass is 264 g/mol. The highest BCUT2D eigenvalue weighted by Gasteiger charge is 2.24. The van der Waals surface area contributed by atoms with E-state index in [0.717, 1.165) is 37.0 Å². The summed E-state index contributed by atoms with van der Waals surface area (Å²) in [6.07, 6.45) is 5.02. The largest absolute Gasteiger partial charge is 0.490 e. The van der Waals surface area contributed by atoms with Crippen molar-refractivity contribution in [2.45, 2.75) is 57.3 Å². The average molecular weight is 264 g/mol. The minimum Gasteiger partial charge on any atom is -0.490 e. The maximum atomic E-state index is 10.0. The fraction of sp³-hybridized carbons (Fsp3) is 0.625. The molecule has 0 radical (unpaired) electrons. The number of aliphatic hydroxyl groups excluding tert-OH is 1. The highest BCUT2D eigenvalue weighted by atomic mass is 16.5. The summed E-state index contributed by atoms with van der Waals surface area (Å²) in [5, 5.41) is 10.0. The van der Waals surface area contributed by atoms with Crippen molar-refractivity contribution >= 4 is 0 Å². The summed E-state index contributed by atoms with van der Waals surface area (Å²) in [6, 6.07) is 7.79. The van der Waals surface area contributed by atoms with E-state index in [-0.39, 0.29) is 6.10 Å². The lowest BCUT2D eigenvalue weighted by Crippen LogP contribution is -2.29. The van der Waals surface area contributed by atoms with Crippen LogP contribution in [-0.4, -0.2) is 24.4 Å². The summed E-state index contributed by atoms with van der Waals surface area (Å²) in [7, 11) is 1.77. The van der Waals surface area contributed by atoms with Crippen molar-refractivity contribution in [3.8, 4) is 5.75 Å². The molecule has 0 aliphatic heterocycles. The molecule has 1 aliphatic rings. The van der Waals surface area contributed by atoms with E-state index < -0.39 is 6.10 Å². The van der Waals surface area contributed by atoms with E-state index in [1.165, 1.54) is 0 Å². The highest BCUT2D eigenvalue weighted by Crippen LogP contribution is 2.31. The van der Waals surface area contributed by atoms with E-state index in [4.69, 9.17) is 9.47 Å². The zero-order chi connectivity index (χ0) is 13.7. The SMILES string of the molecule is CC[C@H](O)c1ccccc1OC1CCCC(OC)C1. The molecule has 0 aromatic heterocycles. The Kier molecular flexibility index (Phi) is 5.23. The molecule has 0 amide bonds. The summed E-state index contributed by atoms with van der Waals surface area (Å²) in [6.45, 7) is 1.98. The fourth-order valence-corrected chi connectivity index (χ4v) is 2.69. The second-order valence-electron chi connectivity index (χ2n) is 5.23. The number of para-hydroxylation sites is 1. The molecule has 1 N–H and O–H groups in total. The van der Waals surface area contributed by atoms with Crippen molar-refractivity contribution in [3.05, 3.63) is 29.8 Å². The molecular weight excluding hydrogens is 240 g/mol. The number of rotatable bonds is 5. The summed E-state index contributed by atoms with van der Waals surface area (Å²) < 4.78 is 11.5. The predicted octanol–water partition coefficient (Wildman–Crippen LogP) is 3.47. The topological polar surface area (TPSA) is 38.7 Å². The molecule has 3 nitrogen and oxygen atoms in total. The maximum absolute atomic E-state index is 10.0. The first kappa shape index (κ1) is 14.4. The quantitative estimate of drug-likeness (QED) is 0.885. The zero-order valence-electron chi connectivity index (χ0n) is 11.8. The third-order valence-electron chi connectivity index (χ3n) is 3.87. The second kappa shape index (κ2) is 6.92. The molecule has 1 aromatic rings. The van der Waals surface area contributed by atoms with E-state index >= 15 is 0 Å². The Morgan fingerprint density at radius 2 is 2.00 bits per heavy atom. The molecule has 3 atom stereocenters. The lowest BCUT2D eigenvalue weighted by atomic mass is 9.94. The van der Waals surface area contributed by atoms with Crippen LogP contribution in [-0.2, 0) is 4.74 Å². The van der Waals surface area contributed by atoms with Gasteiger partial charge in [0.25, 0.3) is 0 Å². The number of hydrogen-bond acceptors (Lipinski definition) is 3. The number of benzene rings is 1. The van der Waals surface area contributed by atoms with Crippen molar-refractivity contribution < 1.29 is 14.6 Å². The van der Waals surface area contributed by atoms with Gasteiger partial charge < -0.3 is 14.6 Å². The zero-order valence-corrected chi connectivity index (χ0v) is 11.8. The molecule has 106 valence electrons. The first-order valence-corrected chi connectivity index (χ1v) is 7.21. The van der Waals surface area contributed by atoms with Crippen LogP contribution in [0.1, 0.15) is 50.7 Å². The van der Waals surface area contributed by atoms with E-state index in [9.17, 15) is 5.11 Å². The Labute approximate surface area is 115 Å². The van der Waals surface area contributed by atoms with E-state index in [2.05, 4.69) is 0 Å². The van der Waals surface area contributed by atoms with Crippen LogP contribution in [0.25, 0.3) is 0 Å². The molecule has 2 unspecified atom stereocenters. The van der Waals surface area contributed by atoms with Gasteiger partial charge in [0, 0.05) is 19.1 Å². The van der Waals surface area contributed by atoms with E-state index in [1.807, 2.05) is 31.2 Å². The number of hydrogen-bond donors (Lipinski definition) is 1. The minimum atomic E-state index is -0.446. The average Bonchev–Trinajstić information content (AvgIpc) is 2.47. The van der Waals surface area contributed by atoms with Gasteiger partial charge in [-0.15, -0.1) is 0 Å². The number of ether oxygens (including phenoxy) is 2. The molecule has 1 fully saturated rings. The Balaban J connectivity index is 2.06. The Morgan fingerprint density at radius 3 is 2.74 bits per heavy atom. The smallest absolute Gasteiger partial charge is 0.125 e. The molecule has 19 heavy (non-hydrogen) atoms. The Hall–Kier alpha value is -1.06.